The third kappa shape index (κ3) is 6.49. The van der Waals surface area contributed by atoms with E-state index in [1.54, 1.807) is 18.1 Å². The van der Waals surface area contributed by atoms with Crippen molar-refractivity contribution in [3.8, 4) is 0 Å². The van der Waals surface area contributed by atoms with Crippen LogP contribution in [0.3, 0.4) is 0 Å². The molecule has 1 aliphatic rings. The number of rotatable bonds is 4. The van der Waals surface area contributed by atoms with Crippen molar-refractivity contribution < 1.29 is 26.0 Å². The van der Waals surface area contributed by atoms with Crippen molar-refractivity contribution in [1.82, 2.24) is 0 Å². The Kier molecular flexibility index (Phi) is 16.7. The van der Waals surface area contributed by atoms with Crippen LogP contribution in [0.2, 0.25) is 5.23 Å². The maximum atomic E-state index is 5.40. The Morgan fingerprint density at radius 3 is 2.07 bits per heavy atom. The molecule has 0 atom stereocenters. The van der Waals surface area contributed by atoms with Crippen LogP contribution in [0.25, 0.3) is 0 Å². The van der Waals surface area contributed by atoms with Gasteiger partial charge in [-0.15, -0.1) is 37.2 Å². The fourth-order valence-corrected chi connectivity index (χ4v) is 9.40. The van der Waals surface area contributed by atoms with Gasteiger partial charge in [0.15, 0.2) is 0 Å². The third-order valence-corrected chi connectivity index (χ3v) is 12.8. The van der Waals surface area contributed by atoms with Gasteiger partial charge in [0.1, 0.15) is 0 Å². The van der Waals surface area contributed by atoms with Crippen LogP contribution in [-0.2, 0) is 26.0 Å². The largest absolute Gasteiger partial charge is 0.147 e. The average molecular weight is 329 g/mol. The van der Waals surface area contributed by atoms with Gasteiger partial charge < -0.3 is 0 Å². The van der Waals surface area contributed by atoms with Crippen LogP contribution in [0.1, 0.15) is 6.42 Å². The van der Waals surface area contributed by atoms with Gasteiger partial charge in [-0.05, 0) is 0 Å². The summed E-state index contributed by atoms with van der Waals surface area (Å²) >= 11 is -1.15. The fraction of sp³-hybridized carbons (Fsp3) is 0.500. The van der Waals surface area contributed by atoms with Gasteiger partial charge in [-0.25, -0.2) is 0 Å². The van der Waals surface area contributed by atoms with E-state index in [1.165, 1.54) is 0 Å². The molecule has 1 rings (SSSR count). The summed E-state index contributed by atoms with van der Waals surface area (Å²) in [6.45, 7) is 0. The molecule has 0 aromatic heterocycles. The Morgan fingerprint density at radius 2 is 1.73 bits per heavy atom. The van der Waals surface area contributed by atoms with Gasteiger partial charge in [0.25, 0.3) is 0 Å². The summed E-state index contributed by atoms with van der Waals surface area (Å²) in [6, 6.07) is 0. The van der Waals surface area contributed by atoms with E-state index in [4.69, 9.17) is 8.85 Å². The van der Waals surface area contributed by atoms with Crippen molar-refractivity contribution in [2.75, 3.05) is 14.2 Å². The molecule has 15 heavy (non-hydrogen) atoms. The molecule has 2 nitrogen and oxygen atoms in total. The van der Waals surface area contributed by atoms with Crippen LogP contribution in [0.5, 0.6) is 0 Å². The van der Waals surface area contributed by atoms with Crippen molar-refractivity contribution >= 4 is 44.4 Å². The van der Waals surface area contributed by atoms with E-state index in [0.29, 0.717) is 0 Å². The normalized spacial score (nSPS) is 12.4. The molecule has 7 heteroatoms. The summed E-state index contributed by atoms with van der Waals surface area (Å²) in [5, 5.41) is 2.35. The van der Waals surface area contributed by atoms with Gasteiger partial charge in [-0.2, -0.15) is 0 Å². The zero-order valence-electron chi connectivity index (χ0n) is 9.06. The molecule has 91 valence electrons. The van der Waals surface area contributed by atoms with Crippen LogP contribution in [0, 0.1) is 0 Å². The van der Waals surface area contributed by atoms with Gasteiger partial charge in [0, 0.05) is 0 Å². The van der Waals surface area contributed by atoms with Gasteiger partial charge >= 0.3 is 81.1 Å². The van der Waals surface area contributed by atoms with Crippen LogP contribution in [0.15, 0.2) is 22.1 Å². The predicted octanol–water partition coefficient (Wildman–Crippen LogP) is 2.77. The molecule has 0 aromatic carbocycles. The molecule has 0 fully saturated rings. The molecule has 0 amide bonds. The minimum atomic E-state index is -1.28. The molecular weight excluding hydrogens is 310 g/mol. The van der Waals surface area contributed by atoms with Gasteiger partial charge in [-0.1, -0.05) is 0 Å². The van der Waals surface area contributed by atoms with Crippen LogP contribution in [-0.4, -0.2) is 21.4 Å². The first-order chi connectivity index (χ1) is 5.79. The van der Waals surface area contributed by atoms with Crippen molar-refractivity contribution in [2.24, 2.45) is 0 Å². The summed E-state index contributed by atoms with van der Waals surface area (Å²) in [5.41, 5.74) is 0. The van der Waals surface area contributed by atoms with Gasteiger partial charge in [0.05, 0.1) is 0 Å². The first-order valence-corrected chi connectivity index (χ1v) is 10.6. The van der Waals surface area contributed by atoms with E-state index in [2.05, 4.69) is 23.5 Å². The molecule has 0 radical (unpaired) electrons. The Hall–Kier alpha value is 1.20. The summed E-state index contributed by atoms with van der Waals surface area (Å²) in [6.07, 6.45) is 7.74. The van der Waals surface area contributed by atoms with E-state index in [0.717, 1.165) is 6.42 Å². The second-order valence-electron chi connectivity index (χ2n) is 2.81. The second-order valence-corrected chi connectivity index (χ2v) is 13.3. The summed E-state index contributed by atoms with van der Waals surface area (Å²) in [5.74, 6) is 0. The molecule has 0 spiro atoms. The van der Waals surface area contributed by atoms with E-state index < -0.39 is 24.3 Å². The van der Waals surface area contributed by atoms with Crippen molar-refractivity contribution in [2.45, 2.75) is 11.6 Å². The Bertz CT molecular complexity index is 210. The predicted molar refractivity (Wildman–Crippen MR) is 70.6 cm³/mol. The Balaban J connectivity index is -0.000000480. The molecular formula is C8H18Cl3O2SiTi. The number of hydrogen-bond acceptors (Lipinski definition) is 2. The molecule has 1 aliphatic carbocycles. The van der Waals surface area contributed by atoms with Gasteiger partial charge in [0.2, 0.25) is 0 Å². The van der Waals surface area contributed by atoms with E-state index in [-0.39, 0.29) is 37.2 Å². The Labute approximate surface area is 118 Å². The first-order valence-electron chi connectivity index (χ1n) is 4.04. The molecule has 0 saturated heterocycles. The van der Waals surface area contributed by atoms with Gasteiger partial charge in [-0.3, -0.25) is 0 Å². The SMILES string of the molecule is CO[SiH](OC)[Ti]([CH3])[C]1=CC=CC1.Cl.Cl.Cl. The molecule has 0 N–H and O–H groups in total. The van der Waals surface area contributed by atoms with E-state index in [1.807, 2.05) is 0 Å². The maximum Gasteiger partial charge on any atom is -0.147 e. The van der Waals surface area contributed by atoms with Crippen LogP contribution < -0.4 is 0 Å². The zero-order valence-corrected chi connectivity index (χ0v) is 14.2. The minimum absolute atomic E-state index is 0. The molecule has 0 bridgehead atoms. The van der Waals surface area contributed by atoms with E-state index in [9.17, 15) is 0 Å². The smallest absolute Gasteiger partial charge is 0.147 e. The standard InChI is InChI=1S/C5H5.C2H7O2Si.CH3.3ClH.Ti/c1-2-4-5-3-1;1-3-5-4-2;;;;;/h1-3H,4H2;5H,1-2H3;1H3;3*1H;. The molecule has 0 heterocycles. The molecule has 0 saturated carbocycles. The van der Waals surface area contributed by atoms with Crippen LogP contribution >= 0.6 is 37.2 Å². The van der Waals surface area contributed by atoms with Crippen molar-refractivity contribution in [1.29, 1.82) is 0 Å². The minimum Gasteiger partial charge on any atom is -0.147 e. The quantitative estimate of drug-likeness (QED) is 0.739. The maximum absolute atomic E-state index is 5.40. The fourth-order valence-electron chi connectivity index (χ4n) is 1.34. The molecule has 0 aliphatic heterocycles. The van der Waals surface area contributed by atoms with Crippen LogP contribution in [0.4, 0.5) is 0 Å². The number of hydrogen-bond donors (Lipinski definition) is 0. The first kappa shape index (κ1) is 21.5. The summed E-state index contributed by atoms with van der Waals surface area (Å²) < 4.78 is 12.4. The molecule has 0 unspecified atom stereocenters. The number of halogens is 3. The average Bonchev–Trinajstić information content (AvgIpc) is 2.58. The second kappa shape index (κ2) is 11.7. The summed E-state index contributed by atoms with van der Waals surface area (Å²) in [4.78, 5) is 0. The van der Waals surface area contributed by atoms with E-state index >= 15 is 0 Å². The zero-order chi connectivity index (χ0) is 8.97. The number of allylic oxidation sites excluding steroid dienone is 4. The van der Waals surface area contributed by atoms with Crippen molar-refractivity contribution in [3.63, 3.8) is 0 Å². The topological polar surface area (TPSA) is 18.5 Å². The third-order valence-electron chi connectivity index (χ3n) is 2.06. The Morgan fingerprint density at radius 1 is 1.20 bits per heavy atom. The summed E-state index contributed by atoms with van der Waals surface area (Å²) in [7, 11) is 2.27. The van der Waals surface area contributed by atoms with Crippen molar-refractivity contribution in [3.05, 3.63) is 22.1 Å². The molecule has 0 aromatic rings. The monoisotopic (exact) mass is 327 g/mol.